The van der Waals surface area contributed by atoms with E-state index in [-0.39, 0.29) is 17.6 Å². The molecule has 0 aromatic heterocycles. The third-order valence-corrected chi connectivity index (χ3v) is 3.00. The van der Waals surface area contributed by atoms with E-state index in [9.17, 15) is 0 Å². The summed E-state index contributed by atoms with van der Waals surface area (Å²) >= 11 is 0. The molecule has 0 radical (unpaired) electrons. The predicted molar refractivity (Wildman–Crippen MR) is 52.6 cm³/mol. The zero-order chi connectivity index (χ0) is 9.90. The smallest absolute Gasteiger partial charge is 0.0732 e. The highest BCUT2D eigenvalue weighted by atomic mass is 16.5. The average molecular weight is 187 g/mol. The van der Waals surface area contributed by atoms with Gasteiger partial charge in [-0.3, -0.25) is 0 Å². The van der Waals surface area contributed by atoms with Crippen LogP contribution < -0.4 is 5.73 Å². The van der Waals surface area contributed by atoms with Crippen LogP contribution in [0.25, 0.3) is 0 Å². The fraction of sp³-hybridized carbons (Fsp3) is 1.00. The van der Waals surface area contributed by atoms with Crippen molar-refractivity contribution in [3.05, 3.63) is 0 Å². The van der Waals surface area contributed by atoms with Crippen molar-refractivity contribution >= 4 is 0 Å². The number of hydrogen-bond donors (Lipinski definition) is 1. The minimum absolute atomic E-state index is 0.171. The topological polar surface area (TPSA) is 44.5 Å². The van der Waals surface area contributed by atoms with E-state index in [1.807, 2.05) is 0 Å². The Labute approximate surface area is 80.6 Å². The Morgan fingerprint density at radius 1 is 1.38 bits per heavy atom. The van der Waals surface area contributed by atoms with Crippen LogP contribution in [0.5, 0.6) is 0 Å². The first-order valence-electron chi connectivity index (χ1n) is 4.94. The van der Waals surface area contributed by atoms with Gasteiger partial charge in [0.05, 0.1) is 19.3 Å². The molecule has 78 valence electrons. The van der Waals surface area contributed by atoms with Crippen molar-refractivity contribution < 1.29 is 9.47 Å². The first-order chi connectivity index (χ1) is 6.08. The van der Waals surface area contributed by atoms with Crippen LogP contribution in [0.15, 0.2) is 0 Å². The molecule has 13 heavy (non-hydrogen) atoms. The fourth-order valence-electron chi connectivity index (χ4n) is 1.83. The lowest BCUT2D eigenvalue weighted by molar-refractivity contribution is 0.00693. The minimum atomic E-state index is 0.171. The van der Waals surface area contributed by atoms with Crippen LogP contribution in [0.2, 0.25) is 0 Å². The molecule has 0 amide bonds. The minimum Gasteiger partial charge on any atom is -0.382 e. The van der Waals surface area contributed by atoms with Crippen LogP contribution in [0, 0.1) is 5.41 Å². The van der Waals surface area contributed by atoms with Crippen LogP contribution in [0.1, 0.15) is 26.7 Å². The van der Waals surface area contributed by atoms with E-state index >= 15 is 0 Å². The van der Waals surface area contributed by atoms with Gasteiger partial charge in [0.25, 0.3) is 0 Å². The highest BCUT2D eigenvalue weighted by molar-refractivity contribution is 4.94. The summed E-state index contributed by atoms with van der Waals surface area (Å²) in [5.74, 6) is 0. The Morgan fingerprint density at radius 2 is 2.08 bits per heavy atom. The zero-order valence-electron chi connectivity index (χ0n) is 8.88. The van der Waals surface area contributed by atoms with Gasteiger partial charge < -0.3 is 15.2 Å². The quantitative estimate of drug-likeness (QED) is 0.672. The molecule has 0 saturated heterocycles. The van der Waals surface area contributed by atoms with Gasteiger partial charge in [-0.15, -0.1) is 0 Å². The van der Waals surface area contributed by atoms with Crippen molar-refractivity contribution in [1.29, 1.82) is 0 Å². The lowest BCUT2D eigenvalue weighted by atomic mass is 9.88. The van der Waals surface area contributed by atoms with Gasteiger partial charge in [-0.1, -0.05) is 13.8 Å². The SMILES string of the molecule is COCCOC1CCC(C)(C)C1N. The second-order valence-electron chi connectivity index (χ2n) is 4.46. The van der Waals surface area contributed by atoms with E-state index in [1.165, 1.54) is 0 Å². The zero-order valence-corrected chi connectivity index (χ0v) is 8.88. The van der Waals surface area contributed by atoms with Crippen molar-refractivity contribution in [2.75, 3.05) is 20.3 Å². The van der Waals surface area contributed by atoms with Crippen LogP contribution >= 0.6 is 0 Å². The largest absolute Gasteiger partial charge is 0.382 e. The number of rotatable bonds is 4. The third kappa shape index (κ3) is 2.66. The molecule has 2 unspecified atom stereocenters. The molecular formula is C10H21NO2. The molecule has 0 heterocycles. The Hall–Kier alpha value is -0.120. The van der Waals surface area contributed by atoms with E-state index in [4.69, 9.17) is 15.2 Å². The maximum absolute atomic E-state index is 6.07. The molecular weight excluding hydrogens is 166 g/mol. The number of nitrogens with two attached hydrogens (primary N) is 1. The number of hydrogen-bond acceptors (Lipinski definition) is 3. The van der Waals surface area contributed by atoms with Gasteiger partial charge >= 0.3 is 0 Å². The van der Waals surface area contributed by atoms with E-state index in [0.29, 0.717) is 13.2 Å². The molecule has 1 saturated carbocycles. The predicted octanol–water partition coefficient (Wildman–Crippen LogP) is 1.17. The first kappa shape index (κ1) is 11.0. The summed E-state index contributed by atoms with van der Waals surface area (Å²) < 4.78 is 10.6. The highest BCUT2D eigenvalue weighted by Crippen LogP contribution is 2.37. The molecule has 0 aromatic rings. The summed E-state index contributed by atoms with van der Waals surface area (Å²) in [5.41, 5.74) is 6.31. The Morgan fingerprint density at radius 3 is 2.54 bits per heavy atom. The van der Waals surface area contributed by atoms with Gasteiger partial charge in [-0.25, -0.2) is 0 Å². The molecule has 0 aromatic carbocycles. The molecule has 1 fully saturated rings. The van der Waals surface area contributed by atoms with Crippen LogP contribution in [-0.2, 0) is 9.47 Å². The summed E-state index contributed by atoms with van der Waals surface area (Å²) in [7, 11) is 1.68. The van der Waals surface area contributed by atoms with Crippen molar-refractivity contribution in [3.8, 4) is 0 Å². The highest BCUT2D eigenvalue weighted by Gasteiger charge is 2.39. The average Bonchev–Trinajstić information content (AvgIpc) is 2.32. The molecule has 3 nitrogen and oxygen atoms in total. The van der Waals surface area contributed by atoms with E-state index in [2.05, 4.69) is 13.8 Å². The molecule has 0 bridgehead atoms. The maximum Gasteiger partial charge on any atom is 0.0732 e. The third-order valence-electron chi connectivity index (χ3n) is 3.00. The summed E-state index contributed by atoms with van der Waals surface area (Å²) in [6.45, 7) is 5.73. The molecule has 1 rings (SSSR count). The molecule has 0 aliphatic heterocycles. The van der Waals surface area contributed by atoms with Gasteiger partial charge in [0.1, 0.15) is 0 Å². The van der Waals surface area contributed by atoms with Gasteiger partial charge in [-0.05, 0) is 18.3 Å². The lowest BCUT2D eigenvalue weighted by Gasteiger charge is -2.26. The van der Waals surface area contributed by atoms with Gasteiger partial charge in [-0.2, -0.15) is 0 Å². The normalized spacial score (nSPS) is 32.3. The Kier molecular flexibility index (Phi) is 3.71. The first-order valence-corrected chi connectivity index (χ1v) is 4.94. The van der Waals surface area contributed by atoms with Crippen LogP contribution in [0.4, 0.5) is 0 Å². The van der Waals surface area contributed by atoms with Crippen molar-refractivity contribution in [2.45, 2.75) is 38.8 Å². The van der Waals surface area contributed by atoms with E-state index < -0.39 is 0 Å². The van der Waals surface area contributed by atoms with Crippen LogP contribution in [-0.4, -0.2) is 32.5 Å². The second kappa shape index (κ2) is 4.40. The summed E-state index contributed by atoms with van der Waals surface area (Å²) in [5, 5.41) is 0. The van der Waals surface area contributed by atoms with Gasteiger partial charge in [0.15, 0.2) is 0 Å². The van der Waals surface area contributed by atoms with Crippen molar-refractivity contribution in [2.24, 2.45) is 11.1 Å². The Bertz CT molecular complexity index is 159. The molecule has 0 spiro atoms. The van der Waals surface area contributed by atoms with E-state index in [1.54, 1.807) is 7.11 Å². The molecule has 3 heteroatoms. The number of ether oxygens (including phenoxy) is 2. The second-order valence-corrected chi connectivity index (χ2v) is 4.46. The monoisotopic (exact) mass is 187 g/mol. The maximum atomic E-state index is 6.07. The van der Waals surface area contributed by atoms with E-state index in [0.717, 1.165) is 12.8 Å². The Balaban J connectivity index is 2.29. The molecule has 1 aliphatic rings. The standard InChI is InChI=1S/C10H21NO2/c1-10(2)5-4-8(9(10)11)13-7-6-12-3/h8-9H,4-7,11H2,1-3H3. The van der Waals surface area contributed by atoms with Crippen molar-refractivity contribution in [3.63, 3.8) is 0 Å². The molecule has 2 atom stereocenters. The van der Waals surface area contributed by atoms with Gasteiger partial charge in [0, 0.05) is 13.2 Å². The number of methoxy groups -OCH3 is 1. The van der Waals surface area contributed by atoms with Crippen LogP contribution in [0.3, 0.4) is 0 Å². The van der Waals surface area contributed by atoms with Gasteiger partial charge in [0.2, 0.25) is 0 Å². The van der Waals surface area contributed by atoms with Crippen molar-refractivity contribution in [1.82, 2.24) is 0 Å². The molecule has 1 aliphatic carbocycles. The fourth-order valence-corrected chi connectivity index (χ4v) is 1.83. The summed E-state index contributed by atoms with van der Waals surface area (Å²) in [6.07, 6.45) is 2.47. The lowest BCUT2D eigenvalue weighted by Crippen LogP contribution is -2.41. The summed E-state index contributed by atoms with van der Waals surface area (Å²) in [6, 6.07) is 0.171. The molecule has 2 N–H and O–H groups in total. The summed E-state index contributed by atoms with van der Waals surface area (Å²) in [4.78, 5) is 0.